The summed E-state index contributed by atoms with van der Waals surface area (Å²) in [6, 6.07) is 6.04. The Morgan fingerprint density at radius 2 is 2.00 bits per heavy atom. The molecule has 0 aliphatic heterocycles. The molecule has 1 aromatic carbocycles. The molecule has 0 radical (unpaired) electrons. The summed E-state index contributed by atoms with van der Waals surface area (Å²) >= 11 is 0. The minimum atomic E-state index is -0.578. The number of methoxy groups -OCH3 is 1. The number of rotatable bonds is 7. The molecule has 0 heterocycles. The normalized spacial score (nSPS) is 9.94. The van der Waals surface area contributed by atoms with E-state index in [1.165, 1.54) is 12.1 Å². The van der Waals surface area contributed by atoms with Crippen molar-refractivity contribution in [1.82, 2.24) is 0 Å². The second-order valence-corrected chi connectivity index (χ2v) is 3.18. The SMILES string of the molecule is COCCOCCOc1cccc(F)c1C#N. The molecule has 4 nitrogen and oxygen atoms in total. The fourth-order valence-corrected chi connectivity index (χ4v) is 1.19. The zero-order valence-electron chi connectivity index (χ0n) is 9.61. The summed E-state index contributed by atoms with van der Waals surface area (Å²) in [5, 5.41) is 8.75. The molecular formula is C12H14FNO3. The molecule has 0 saturated carbocycles. The van der Waals surface area contributed by atoms with Gasteiger partial charge in [0, 0.05) is 7.11 Å². The molecule has 92 valence electrons. The first-order valence-electron chi connectivity index (χ1n) is 5.17. The van der Waals surface area contributed by atoms with Gasteiger partial charge in [-0.15, -0.1) is 0 Å². The smallest absolute Gasteiger partial charge is 0.144 e. The second kappa shape index (κ2) is 7.60. The van der Waals surface area contributed by atoms with Crippen LogP contribution in [0.4, 0.5) is 4.39 Å². The van der Waals surface area contributed by atoms with Crippen molar-refractivity contribution in [3.05, 3.63) is 29.6 Å². The number of hydrogen-bond donors (Lipinski definition) is 0. The Morgan fingerprint density at radius 1 is 1.24 bits per heavy atom. The maximum Gasteiger partial charge on any atom is 0.144 e. The highest BCUT2D eigenvalue weighted by atomic mass is 19.1. The largest absolute Gasteiger partial charge is 0.490 e. The van der Waals surface area contributed by atoms with Gasteiger partial charge in [-0.1, -0.05) is 6.07 Å². The van der Waals surface area contributed by atoms with E-state index in [2.05, 4.69) is 0 Å². The van der Waals surface area contributed by atoms with Gasteiger partial charge in [0.2, 0.25) is 0 Å². The molecule has 17 heavy (non-hydrogen) atoms. The summed E-state index contributed by atoms with van der Waals surface area (Å²) in [5.41, 5.74) is -0.0793. The van der Waals surface area contributed by atoms with Crippen molar-refractivity contribution < 1.29 is 18.6 Å². The highest BCUT2D eigenvalue weighted by Gasteiger charge is 2.08. The highest BCUT2D eigenvalue weighted by Crippen LogP contribution is 2.19. The van der Waals surface area contributed by atoms with E-state index in [0.29, 0.717) is 19.8 Å². The Bertz CT molecular complexity index is 390. The van der Waals surface area contributed by atoms with E-state index < -0.39 is 5.82 Å². The third-order valence-corrected chi connectivity index (χ3v) is 2.00. The Morgan fingerprint density at radius 3 is 2.71 bits per heavy atom. The Kier molecular flexibility index (Phi) is 6.00. The molecule has 0 aliphatic carbocycles. The molecular weight excluding hydrogens is 225 g/mol. The Balaban J connectivity index is 2.37. The average molecular weight is 239 g/mol. The van der Waals surface area contributed by atoms with Crippen molar-refractivity contribution >= 4 is 0 Å². The van der Waals surface area contributed by atoms with Crippen LogP contribution in [0.2, 0.25) is 0 Å². The summed E-state index contributed by atoms with van der Waals surface area (Å²) in [6.07, 6.45) is 0. The van der Waals surface area contributed by atoms with Crippen molar-refractivity contribution in [2.24, 2.45) is 0 Å². The van der Waals surface area contributed by atoms with E-state index in [1.54, 1.807) is 19.2 Å². The Labute approximate surface area is 99.5 Å². The van der Waals surface area contributed by atoms with Gasteiger partial charge in [-0.25, -0.2) is 4.39 Å². The molecule has 0 spiro atoms. The maximum absolute atomic E-state index is 13.2. The zero-order chi connectivity index (χ0) is 12.5. The predicted octanol–water partition coefficient (Wildman–Crippen LogP) is 1.74. The average Bonchev–Trinajstić information content (AvgIpc) is 2.34. The van der Waals surface area contributed by atoms with E-state index in [1.807, 2.05) is 0 Å². The summed E-state index contributed by atoms with van der Waals surface area (Å²) in [6.45, 7) is 1.63. The van der Waals surface area contributed by atoms with Crippen molar-refractivity contribution in [2.45, 2.75) is 0 Å². The quantitative estimate of drug-likeness (QED) is 0.680. The van der Waals surface area contributed by atoms with Crippen LogP contribution in [0.25, 0.3) is 0 Å². The predicted molar refractivity (Wildman–Crippen MR) is 59.3 cm³/mol. The maximum atomic E-state index is 13.2. The van der Waals surface area contributed by atoms with Gasteiger partial charge < -0.3 is 14.2 Å². The molecule has 0 unspecified atom stereocenters. The molecule has 0 N–H and O–H groups in total. The van der Waals surface area contributed by atoms with Crippen LogP contribution in [0.5, 0.6) is 5.75 Å². The fourth-order valence-electron chi connectivity index (χ4n) is 1.19. The lowest BCUT2D eigenvalue weighted by Gasteiger charge is -2.08. The van der Waals surface area contributed by atoms with Gasteiger partial charge >= 0.3 is 0 Å². The molecule has 1 aromatic rings. The van der Waals surface area contributed by atoms with Gasteiger partial charge in [-0.3, -0.25) is 0 Å². The fraction of sp³-hybridized carbons (Fsp3) is 0.417. The minimum absolute atomic E-state index is 0.0793. The van der Waals surface area contributed by atoms with E-state index in [4.69, 9.17) is 19.5 Å². The van der Waals surface area contributed by atoms with Crippen molar-refractivity contribution in [3.63, 3.8) is 0 Å². The lowest BCUT2D eigenvalue weighted by Crippen LogP contribution is -2.10. The van der Waals surface area contributed by atoms with Crippen molar-refractivity contribution in [3.8, 4) is 11.8 Å². The first kappa shape index (κ1) is 13.4. The van der Waals surface area contributed by atoms with Gasteiger partial charge in [0.15, 0.2) is 0 Å². The summed E-state index contributed by atoms with van der Waals surface area (Å²) in [5.74, 6) is -0.340. The summed E-state index contributed by atoms with van der Waals surface area (Å²) in [4.78, 5) is 0. The first-order chi connectivity index (χ1) is 8.29. The molecule has 1 rings (SSSR count). The lowest BCUT2D eigenvalue weighted by molar-refractivity contribution is 0.0543. The monoisotopic (exact) mass is 239 g/mol. The van der Waals surface area contributed by atoms with Crippen LogP contribution in [0.15, 0.2) is 18.2 Å². The van der Waals surface area contributed by atoms with Gasteiger partial charge in [0.1, 0.15) is 29.8 Å². The lowest BCUT2D eigenvalue weighted by atomic mass is 10.2. The number of nitrogens with zero attached hydrogens (tertiary/aromatic N) is 1. The van der Waals surface area contributed by atoms with E-state index in [9.17, 15) is 4.39 Å². The molecule has 0 bridgehead atoms. The second-order valence-electron chi connectivity index (χ2n) is 3.18. The number of hydrogen-bond acceptors (Lipinski definition) is 4. The van der Waals surface area contributed by atoms with Gasteiger partial charge in [0.25, 0.3) is 0 Å². The standard InChI is InChI=1S/C12H14FNO3/c1-15-5-6-16-7-8-17-12-4-2-3-11(13)10(12)9-14/h2-4H,5-8H2,1H3. The number of benzene rings is 1. The molecule has 0 amide bonds. The number of halogens is 1. The van der Waals surface area contributed by atoms with Crippen LogP contribution < -0.4 is 4.74 Å². The minimum Gasteiger partial charge on any atom is -0.490 e. The van der Waals surface area contributed by atoms with Gasteiger partial charge in [-0.05, 0) is 12.1 Å². The van der Waals surface area contributed by atoms with Crippen LogP contribution in [0.3, 0.4) is 0 Å². The van der Waals surface area contributed by atoms with Crippen LogP contribution in [-0.4, -0.2) is 33.5 Å². The molecule has 0 fully saturated rings. The van der Waals surface area contributed by atoms with Gasteiger partial charge in [0.05, 0.1) is 19.8 Å². The number of nitriles is 1. The molecule has 0 atom stereocenters. The van der Waals surface area contributed by atoms with Gasteiger partial charge in [-0.2, -0.15) is 5.26 Å². The topological polar surface area (TPSA) is 51.5 Å². The van der Waals surface area contributed by atoms with E-state index in [-0.39, 0.29) is 17.9 Å². The molecule has 5 heteroatoms. The Hall–Kier alpha value is -1.64. The molecule has 0 aromatic heterocycles. The third-order valence-electron chi connectivity index (χ3n) is 2.00. The van der Waals surface area contributed by atoms with Crippen LogP contribution >= 0.6 is 0 Å². The zero-order valence-corrected chi connectivity index (χ0v) is 9.61. The van der Waals surface area contributed by atoms with E-state index in [0.717, 1.165) is 0 Å². The number of ether oxygens (including phenoxy) is 3. The van der Waals surface area contributed by atoms with Crippen molar-refractivity contribution in [1.29, 1.82) is 5.26 Å². The van der Waals surface area contributed by atoms with E-state index >= 15 is 0 Å². The van der Waals surface area contributed by atoms with Crippen LogP contribution in [-0.2, 0) is 9.47 Å². The summed E-state index contributed by atoms with van der Waals surface area (Å²) < 4.78 is 28.4. The third kappa shape index (κ3) is 4.39. The highest BCUT2D eigenvalue weighted by molar-refractivity contribution is 5.43. The molecule has 0 aliphatic rings. The molecule has 0 saturated heterocycles. The summed E-state index contributed by atoms with van der Waals surface area (Å²) in [7, 11) is 1.59. The van der Waals surface area contributed by atoms with Crippen LogP contribution in [0, 0.1) is 17.1 Å². The van der Waals surface area contributed by atoms with Crippen molar-refractivity contribution in [2.75, 3.05) is 33.5 Å². The first-order valence-corrected chi connectivity index (χ1v) is 5.17. The van der Waals surface area contributed by atoms with Crippen LogP contribution in [0.1, 0.15) is 5.56 Å².